The van der Waals surface area contributed by atoms with Crippen LogP contribution < -0.4 is 5.32 Å². The van der Waals surface area contributed by atoms with Crippen molar-refractivity contribution in [3.8, 4) is 0 Å². The number of hydrogen-bond donors (Lipinski definition) is 1. The van der Waals surface area contributed by atoms with E-state index in [4.69, 9.17) is 0 Å². The van der Waals surface area contributed by atoms with E-state index in [1.807, 2.05) is 26.0 Å². The van der Waals surface area contributed by atoms with Crippen LogP contribution in [0.15, 0.2) is 18.2 Å². The van der Waals surface area contributed by atoms with Crippen molar-refractivity contribution in [2.75, 3.05) is 18.4 Å². The first kappa shape index (κ1) is 14.5. The molecule has 2 amide bonds. The summed E-state index contributed by atoms with van der Waals surface area (Å²) >= 11 is 1.37. The van der Waals surface area contributed by atoms with Gasteiger partial charge in [-0.15, -0.1) is 0 Å². The summed E-state index contributed by atoms with van der Waals surface area (Å²) < 4.78 is 0.895. The van der Waals surface area contributed by atoms with Gasteiger partial charge in [0.05, 0.1) is 10.2 Å². The molecular weight excluding hydrogens is 274 g/mol. The number of carbonyl (C=O) groups excluding carboxylic acids is 2. The van der Waals surface area contributed by atoms with Crippen LogP contribution in [-0.4, -0.2) is 34.8 Å². The molecule has 0 spiro atoms. The lowest BCUT2D eigenvalue weighted by atomic mass is 10.2. The molecule has 0 radical (unpaired) electrons. The van der Waals surface area contributed by atoms with Gasteiger partial charge in [-0.25, -0.2) is 4.98 Å². The Bertz CT molecular complexity index is 647. The molecular formula is C14H17N3O2S. The van der Waals surface area contributed by atoms with Gasteiger partial charge in [0.1, 0.15) is 0 Å². The monoisotopic (exact) mass is 291 g/mol. The van der Waals surface area contributed by atoms with Crippen molar-refractivity contribution in [1.29, 1.82) is 0 Å². The Morgan fingerprint density at radius 2 is 2.00 bits per heavy atom. The lowest BCUT2D eigenvalue weighted by Crippen LogP contribution is -2.30. The summed E-state index contributed by atoms with van der Waals surface area (Å²) in [5, 5.41) is 3.22. The number of amides is 2. The molecule has 1 heterocycles. The molecule has 0 saturated carbocycles. The molecule has 0 aliphatic carbocycles. The molecule has 2 aromatic rings. The maximum Gasteiger partial charge on any atom is 0.253 e. The topological polar surface area (TPSA) is 62.3 Å². The molecule has 6 heteroatoms. The normalized spacial score (nSPS) is 10.6. The average Bonchev–Trinajstić information content (AvgIpc) is 2.79. The fraction of sp³-hybridized carbons (Fsp3) is 0.357. The Morgan fingerprint density at radius 3 is 2.60 bits per heavy atom. The molecule has 0 aliphatic rings. The molecule has 0 saturated heterocycles. The average molecular weight is 291 g/mol. The third-order valence-electron chi connectivity index (χ3n) is 2.97. The van der Waals surface area contributed by atoms with Crippen LogP contribution in [0.1, 0.15) is 31.1 Å². The molecule has 0 bridgehead atoms. The quantitative estimate of drug-likeness (QED) is 0.942. The molecule has 5 nitrogen and oxygen atoms in total. The van der Waals surface area contributed by atoms with Crippen LogP contribution in [0.5, 0.6) is 0 Å². The van der Waals surface area contributed by atoms with Gasteiger partial charge in [-0.1, -0.05) is 11.3 Å². The van der Waals surface area contributed by atoms with E-state index in [1.165, 1.54) is 18.3 Å². The Hall–Kier alpha value is -1.95. The number of hydrogen-bond acceptors (Lipinski definition) is 4. The number of nitrogens with zero attached hydrogens (tertiary/aromatic N) is 2. The molecule has 0 fully saturated rings. The zero-order valence-electron chi connectivity index (χ0n) is 11.8. The van der Waals surface area contributed by atoms with Crippen molar-refractivity contribution in [3.63, 3.8) is 0 Å². The maximum atomic E-state index is 12.3. The fourth-order valence-corrected chi connectivity index (χ4v) is 2.91. The van der Waals surface area contributed by atoms with Gasteiger partial charge in [0, 0.05) is 25.6 Å². The minimum Gasteiger partial charge on any atom is -0.339 e. The molecule has 0 atom stereocenters. The van der Waals surface area contributed by atoms with E-state index >= 15 is 0 Å². The van der Waals surface area contributed by atoms with E-state index in [0.29, 0.717) is 23.8 Å². The highest BCUT2D eigenvalue weighted by molar-refractivity contribution is 7.22. The predicted molar refractivity (Wildman–Crippen MR) is 81.2 cm³/mol. The van der Waals surface area contributed by atoms with Crippen LogP contribution in [0, 0.1) is 0 Å². The molecule has 1 aromatic carbocycles. The van der Waals surface area contributed by atoms with E-state index in [2.05, 4.69) is 10.3 Å². The summed E-state index contributed by atoms with van der Waals surface area (Å²) in [6, 6.07) is 5.42. The number of benzene rings is 1. The first-order valence-corrected chi connectivity index (χ1v) is 7.34. The van der Waals surface area contributed by atoms with Gasteiger partial charge in [-0.3, -0.25) is 9.59 Å². The number of aromatic nitrogens is 1. The second-order valence-electron chi connectivity index (χ2n) is 4.36. The van der Waals surface area contributed by atoms with Gasteiger partial charge in [0.2, 0.25) is 5.91 Å². The van der Waals surface area contributed by atoms with Crippen molar-refractivity contribution in [3.05, 3.63) is 23.8 Å². The summed E-state index contributed by atoms with van der Waals surface area (Å²) in [4.78, 5) is 29.4. The number of anilines is 1. The number of thiazole rings is 1. The molecule has 1 aromatic heterocycles. The maximum absolute atomic E-state index is 12.3. The summed E-state index contributed by atoms with van der Waals surface area (Å²) in [6.07, 6.45) is 0. The third kappa shape index (κ3) is 2.96. The van der Waals surface area contributed by atoms with Crippen LogP contribution in [0.3, 0.4) is 0 Å². The lowest BCUT2D eigenvalue weighted by molar-refractivity contribution is -0.114. The van der Waals surface area contributed by atoms with Crippen LogP contribution in [0.2, 0.25) is 0 Å². The van der Waals surface area contributed by atoms with Crippen LogP contribution in [0.25, 0.3) is 10.2 Å². The number of fused-ring (bicyclic) bond motifs is 1. The van der Waals surface area contributed by atoms with E-state index < -0.39 is 0 Å². The van der Waals surface area contributed by atoms with Crippen molar-refractivity contribution in [2.45, 2.75) is 20.8 Å². The second-order valence-corrected chi connectivity index (χ2v) is 5.39. The standard InChI is InChI=1S/C14H17N3O2S/c1-4-17(5-2)13(19)10-6-7-11-12(8-10)20-14(16-11)15-9(3)18/h6-8H,4-5H2,1-3H3,(H,15,16,18). The smallest absolute Gasteiger partial charge is 0.253 e. The minimum atomic E-state index is -0.150. The minimum absolute atomic E-state index is 0.0198. The van der Waals surface area contributed by atoms with E-state index in [9.17, 15) is 9.59 Å². The zero-order valence-corrected chi connectivity index (χ0v) is 12.6. The molecule has 106 valence electrons. The van der Waals surface area contributed by atoms with Crippen LogP contribution in [0.4, 0.5) is 5.13 Å². The Kier molecular flexibility index (Phi) is 4.34. The van der Waals surface area contributed by atoms with Crippen molar-refractivity contribution in [2.24, 2.45) is 0 Å². The van der Waals surface area contributed by atoms with Gasteiger partial charge < -0.3 is 10.2 Å². The summed E-state index contributed by atoms with van der Waals surface area (Å²) in [6.45, 7) is 6.74. The van der Waals surface area contributed by atoms with E-state index in [-0.39, 0.29) is 11.8 Å². The Labute approximate surface area is 121 Å². The molecule has 1 N–H and O–H groups in total. The van der Waals surface area contributed by atoms with Gasteiger partial charge >= 0.3 is 0 Å². The third-order valence-corrected chi connectivity index (χ3v) is 3.90. The number of nitrogens with one attached hydrogen (secondary N) is 1. The van der Waals surface area contributed by atoms with Crippen LogP contribution in [-0.2, 0) is 4.79 Å². The fourth-order valence-electron chi connectivity index (χ4n) is 1.96. The molecule has 0 unspecified atom stereocenters. The van der Waals surface area contributed by atoms with E-state index in [0.717, 1.165) is 10.2 Å². The first-order valence-electron chi connectivity index (χ1n) is 6.52. The van der Waals surface area contributed by atoms with Gasteiger partial charge in [-0.05, 0) is 32.0 Å². The van der Waals surface area contributed by atoms with Crippen molar-refractivity contribution >= 4 is 38.5 Å². The highest BCUT2D eigenvalue weighted by Crippen LogP contribution is 2.27. The van der Waals surface area contributed by atoms with Crippen molar-refractivity contribution in [1.82, 2.24) is 9.88 Å². The second kappa shape index (κ2) is 6.00. The van der Waals surface area contributed by atoms with Gasteiger partial charge in [0.15, 0.2) is 5.13 Å². The van der Waals surface area contributed by atoms with Crippen LogP contribution >= 0.6 is 11.3 Å². The first-order chi connectivity index (χ1) is 9.55. The Balaban J connectivity index is 2.33. The summed E-state index contributed by atoms with van der Waals surface area (Å²) in [5.41, 5.74) is 1.44. The van der Waals surface area contributed by atoms with Gasteiger partial charge in [0.25, 0.3) is 5.91 Å². The number of carbonyl (C=O) groups is 2. The SMILES string of the molecule is CCN(CC)C(=O)c1ccc2nc(NC(C)=O)sc2c1. The zero-order chi connectivity index (χ0) is 14.7. The van der Waals surface area contributed by atoms with Crippen molar-refractivity contribution < 1.29 is 9.59 Å². The summed E-state index contributed by atoms with van der Waals surface area (Å²) in [5.74, 6) is -0.130. The number of rotatable bonds is 4. The predicted octanol–water partition coefficient (Wildman–Crippen LogP) is 2.74. The van der Waals surface area contributed by atoms with E-state index in [1.54, 1.807) is 11.0 Å². The molecule has 0 aliphatic heterocycles. The highest BCUT2D eigenvalue weighted by Gasteiger charge is 2.14. The summed E-state index contributed by atoms with van der Waals surface area (Å²) in [7, 11) is 0. The Morgan fingerprint density at radius 1 is 1.30 bits per heavy atom. The van der Waals surface area contributed by atoms with Gasteiger partial charge in [-0.2, -0.15) is 0 Å². The molecule has 20 heavy (non-hydrogen) atoms. The largest absolute Gasteiger partial charge is 0.339 e. The lowest BCUT2D eigenvalue weighted by Gasteiger charge is -2.18. The molecule has 2 rings (SSSR count). The highest BCUT2D eigenvalue weighted by atomic mass is 32.1.